The minimum atomic E-state index is -0.112. The lowest BCUT2D eigenvalue weighted by Gasteiger charge is -2.28. The van der Waals surface area contributed by atoms with Crippen molar-refractivity contribution in [3.63, 3.8) is 0 Å². The molecule has 0 spiro atoms. The fourth-order valence-electron chi connectivity index (χ4n) is 1.92. The van der Waals surface area contributed by atoms with Gasteiger partial charge in [0.15, 0.2) is 0 Å². The number of carbonyl (C=O) groups is 2. The Morgan fingerprint density at radius 2 is 2.25 bits per heavy atom. The maximum atomic E-state index is 12.1. The number of carbonyl (C=O) groups excluding carboxylic acids is 2. The fourth-order valence-corrected chi connectivity index (χ4v) is 1.92. The van der Waals surface area contributed by atoms with Crippen LogP contribution in [-0.4, -0.2) is 49.9 Å². The highest BCUT2D eigenvalue weighted by atomic mass is 16.2. The van der Waals surface area contributed by atoms with Crippen molar-refractivity contribution in [1.29, 1.82) is 0 Å². The van der Waals surface area contributed by atoms with Crippen LogP contribution in [0.2, 0.25) is 0 Å². The van der Waals surface area contributed by atoms with Crippen molar-refractivity contribution in [2.45, 2.75) is 19.8 Å². The van der Waals surface area contributed by atoms with Crippen LogP contribution in [0.3, 0.4) is 0 Å². The third-order valence-electron chi connectivity index (χ3n) is 2.95. The molecule has 1 aliphatic rings. The Morgan fingerprint density at radius 3 is 2.75 bits per heavy atom. The van der Waals surface area contributed by atoms with Crippen LogP contribution < -0.4 is 10.6 Å². The monoisotopic (exact) mass is 227 g/mol. The lowest BCUT2D eigenvalue weighted by Crippen LogP contribution is -2.46. The quantitative estimate of drug-likeness (QED) is 0.686. The summed E-state index contributed by atoms with van der Waals surface area (Å²) in [5.41, 5.74) is 0. The van der Waals surface area contributed by atoms with E-state index < -0.39 is 0 Å². The van der Waals surface area contributed by atoms with E-state index in [0.717, 1.165) is 25.9 Å². The van der Waals surface area contributed by atoms with Gasteiger partial charge in [-0.15, -0.1) is 0 Å². The van der Waals surface area contributed by atoms with E-state index in [-0.39, 0.29) is 24.3 Å². The zero-order valence-electron chi connectivity index (χ0n) is 10.1. The molecular formula is C11H21N3O2. The van der Waals surface area contributed by atoms with Gasteiger partial charge in [-0.2, -0.15) is 0 Å². The number of piperidine rings is 1. The number of likely N-dealkylation sites (N-methyl/N-ethyl adjacent to an activating group) is 2. The highest BCUT2D eigenvalue weighted by Gasteiger charge is 2.25. The molecule has 1 fully saturated rings. The average Bonchev–Trinajstić information content (AvgIpc) is 2.35. The number of rotatable bonds is 4. The van der Waals surface area contributed by atoms with E-state index in [1.807, 2.05) is 6.92 Å². The van der Waals surface area contributed by atoms with Crippen molar-refractivity contribution in [3.05, 3.63) is 0 Å². The zero-order valence-corrected chi connectivity index (χ0v) is 10.1. The molecule has 0 saturated carbocycles. The maximum Gasteiger partial charge on any atom is 0.239 e. The molecule has 0 aromatic carbocycles. The standard InChI is InChI=1S/C11H21N3O2/c1-3-14(8-10(15)12-2)11(16)9-5-4-6-13-7-9/h9,13H,3-8H2,1-2H3,(H,12,15)/t9-/m0/s1. The van der Waals surface area contributed by atoms with E-state index in [2.05, 4.69) is 10.6 Å². The second kappa shape index (κ2) is 6.48. The molecule has 1 rings (SSSR count). The van der Waals surface area contributed by atoms with Crippen LogP contribution in [-0.2, 0) is 9.59 Å². The molecule has 5 nitrogen and oxygen atoms in total. The number of nitrogens with zero attached hydrogens (tertiary/aromatic N) is 1. The predicted octanol–water partition coefficient (Wildman–Crippen LogP) is -0.419. The third kappa shape index (κ3) is 3.48. The summed E-state index contributed by atoms with van der Waals surface area (Å²) in [6.07, 6.45) is 1.96. The van der Waals surface area contributed by atoms with Gasteiger partial charge >= 0.3 is 0 Å². The second-order valence-electron chi connectivity index (χ2n) is 4.07. The summed E-state index contributed by atoms with van der Waals surface area (Å²) in [5, 5.41) is 5.75. The van der Waals surface area contributed by atoms with Gasteiger partial charge in [-0.05, 0) is 26.3 Å². The van der Waals surface area contributed by atoms with Crippen LogP contribution in [0, 0.1) is 5.92 Å². The predicted molar refractivity (Wildman–Crippen MR) is 61.9 cm³/mol. The number of hydrogen-bond acceptors (Lipinski definition) is 3. The fraction of sp³-hybridized carbons (Fsp3) is 0.818. The van der Waals surface area contributed by atoms with Crippen LogP contribution >= 0.6 is 0 Å². The Bertz CT molecular complexity index is 250. The van der Waals surface area contributed by atoms with Crippen molar-refractivity contribution in [2.24, 2.45) is 5.92 Å². The second-order valence-corrected chi connectivity index (χ2v) is 4.07. The lowest BCUT2D eigenvalue weighted by molar-refractivity contribution is -0.139. The van der Waals surface area contributed by atoms with Gasteiger partial charge in [-0.1, -0.05) is 0 Å². The molecule has 16 heavy (non-hydrogen) atoms. The minimum absolute atomic E-state index is 0.0401. The highest BCUT2D eigenvalue weighted by molar-refractivity contribution is 5.85. The van der Waals surface area contributed by atoms with Crippen molar-refractivity contribution in [2.75, 3.05) is 33.2 Å². The van der Waals surface area contributed by atoms with Crippen LogP contribution in [0.1, 0.15) is 19.8 Å². The Labute approximate surface area is 96.6 Å². The first-order chi connectivity index (χ1) is 7.69. The average molecular weight is 227 g/mol. The van der Waals surface area contributed by atoms with Crippen molar-refractivity contribution < 1.29 is 9.59 Å². The van der Waals surface area contributed by atoms with E-state index in [1.165, 1.54) is 0 Å². The number of nitrogens with one attached hydrogen (secondary N) is 2. The smallest absolute Gasteiger partial charge is 0.239 e. The largest absolute Gasteiger partial charge is 0.358 e. The van der Waals surface area contributed by atoms with Gasteiger partial charge in [-0.3, -0.25) is 9.59 Å². The summed E-state index contributed by atoms with van der Waals surface area (Å²) in [6, 6.07) is 0. The van der Waals surface area contributed by atoms with Gasteiger partial charge < -0.3 is 15.5 Å². The summed E-state index contributed by atoms with van der Waals surface area (Å²) in [6.45, 7) is 4.39. The number of amides is 2. The first-order valence-electron chi connectivity index (χ1n) is 5.89. The molecule has 1 atom stereocenters. The molecule has 0 aliphatic carbocycles. The van der Waals surface area contributed by atoms with Crippen molar-refractivity contribution in [3.8, 4) is 0 Å². The van der Waals surface area contributed by atoms with Gasteiger partial charge in [0.1, 0.15) is 0 Å². The summed E-state index contributed by atoms with van der Waals surface area (Å²) >= 11 is 0. The van der Waals surface area contributed by atoms with Crippen molar-refractivity contribution in [1.82, 2.24) is 15.5 Å². The van der Waals surface area contributed by atoms with E-state index >= 15 is 0 Å². The Morgan fingerprint density at radius 1 is 1.50 bits per heavy atom. The molecule has 2 amide bonds. The molecule has 0 aromatic rings. The van der Waals surface area contributed by atoms with Gasteiger partial charge in [0, 0.05) is 20.1 Å². The summed E-state index contributed by atoms with van der Waals surface area (Å²) < 4.78 is 0. The SMILES string of the molecule is CCN(CC(=O)NC)C(=O)[C@H]1CCCNC1. The van der Waals surface area contributed by atoms with Crippen molar-refractivity contribution >= 4 is 11.8 Å². The van der Waals surface area contributed by atoms with Gasteiger partial charge in [0.25, 0.3) is 0 Å². The number of hydrogen-bond donors (Lipinski definition) is 2. The van der Waals surface area contributed by atoms with Gasteiger partial charge in [-0.25, -0.2) is 0 Å². The molecule has 1 heterocycles. The summed E-state index contributed by atoms with van der Waals surface area (Å²) in [4.78, 5) is 25.0. The van der Waals surface area contributed by atoms with E-state index in [1.54, 1.807) is 11.9 Å². The molecule has 0 aromatic heterocycles. The summed E-state index contributed by atoms with van der Waals surface area (Å²) in [5.74, 6) is 0.0237. The van der Waals surface area contributed by atoms with E-state index in [4.69, 9.17) is 0 Å². The Kier molecular flexibility index (Phi) is 5.25. The molecule has 1 aliphatic heterocycles. The Hall–Kier alpha value is -1.10. The van der Waals surface area contributed by atoms with Crippen LogP contribution in [0.5, 0.6) is 0 Å². The van der Waals surface area contributed by atoms with Crippen LogP contribution in [0.4, 0.5) is 0 Å². The topological polar surface area (TPSA) is 61.4 Å². The molecule has 5 heteroatoms. The van der Waals surface area contributed by atoms with Crippen LogP contribution in [0.15, 0.2) is 0 Å². The molecule has 92 valence electrons. The summed E-state index contributed by atoms with van der Waals surface area (Å²) in [7, 11) is 1.59. The van der Waals surface area contributed by atoms with Gasteiger partial charge in [0.05, 0.1) is 12.5 Å². The normalized spacial score (nSPS) is 20.2. The van der Waals surface area contributed by atoms with E-state index in [0.29, 0.717) is 6.54 Å². The third-order valence-corrected chi connectivity index (χ3v) is 2.95. The van der Waals surface area contributed by atoms with E-state index in [9.17, 15) is 9.59 Å². The first-order valence-corrected chi connectivity index (χ1v) is 5.89. The molecule has 1 saturated heterocycles. The molecule has 0 radical (unpaired) electrons. The zero-order chi connectivity index (χ0) is 12.0. The highest BCUT2D eigenvalue weighted by Crippen LogP contribution is 2.13. The molecular weight excluding hydrogens is 206 g/mol. The first kappa shape index (κ1) is 13.0. The molecule has 0 bridgehead atoms. The minimum Gasteiger partial charge on any atom is -0.358 e. The van der Waals surface area contributed by atoms with Crippen LogP contribution in [0.25, 0.3) is 0 Å². The maximum absolute atomic E-state index is 12.1. The molecule has 0 unspecified atom stereocenters. The van der Waals surface area contributed by atoms with Gasteiger partial charge in [0.2, 0.25) is 11.8 Å². The molecule has 2 N–H and O–H groups in total. The Balaban J connectivity index is 2.50. The lowest BCUT2D eigenvalue weighted by atomic mass is 9.98.